The van der Waals surface area contributed by atoms with Crippen molar-refractivity contribution in [3.05, 3.63) is 132 Å². The van der Waals surface area contributed by atoms with Crippen molar-refractivity contribution in [1.29, 1.82) is 5.41 Å². The number of rotatable bonds is 26. The van der Waals surface area contributed by atoms with Crippen LogP contribution in [0.15, 0.2) is 175 Å². The average Bonchev–Trinajstić information content (AvgIpc) is 1.71. The van der Waals surface area contributed by atoms with E-state index in [1.807, 2.05) is 0 Å². The lowest BCUT2D eigenvalue weighted by atomic mass is 10.0. The van der Waals surface area contributed by atoms with E-state index in [4.69, 9.17) is 22.6 Å². The Morgan fingerprint density at radius 1 is 0.530 bits per heavy atom. The number of H-pyrrole nitrogens is 1. The van der Waals surface area contributed by atoms with Gasteiger partial charge >= 0.3 is 5.97 Å². The van der Waals surface area contributed by atoms with Gasteiger partial charge in [-0.25, -0.2) is 69.7 Å². The number of carboxylic acids is 1. The summed E-state index contributed by atoms with van der Waals surface area (Å²) in [5, 5.41) is 216. The molecule has 0 spiro atoms. The van der Waals surface area contributed by atoms with Gasteiger partial charge in [0.15, 0.2) is 36.0 Å². The molecule has 15 unspecified atom stereocenters. The minimum Gasteiger partial charge on any atom is -0.497 e. The van der Waals surface area contributed by atoms with E-state index in [0.29, 0.717) is 40.4 Å². The second-order valence-electron chi connectivity index (χ2n) is 26.6. The number of nitrogens with zero attached hydrogens (tertiary/aromatic N) is 15. The molecule has 0 saturated heterocycles. The van der Waals surface area contributed by atoms with E-state index in [-0.39, 0.29) is 70.2 Å². The fraction of sp³-hybridized carbons (Fsp3) is 0.473. The summed E-state index contributed by atoms with van der Waals surface area (Å²) in [6.45, 7) is 2.10. The van der Waals surface area contributed by atoms with Gasteiger partial charge in [0.2, 0.25) is 70.8 Å². The number of hydrogen-bond acceptors (Lipinski definition) is 25. The molecule has 6 rings (SSSR count). The van der Waals surface area contributed by atoms with E-state index in [2.05, 4.69) is 79.9 Å². The highest BCUT2D eigenvalue weighted by Gasteiger charge is 2.34. The zero-order chi connectivity index (χ0) is 84.3. The van der Waals surface area contributed by atoms with Gasteiger partial charge in [-0.3, -0.25) is 15.4 Å². The summed E-state index contributed by atoms with van der Waals surface area (Å²) in [7, 11) is 1.56. The molecule has 624 valence electrons. The fourth-order valence-corrected chi connectivity index (χ4v) is 13.3. The smallest absolute Gasteiger partial charge is 0.329 e. The fourth-order valence-electron chi connectivity index (χ4n) is 11.1. The normalized spacial score (nSPS) is 24.2. The molecule has 0 fully saturated rings. The molecule has 0 radical (unpaired) electrons. The van der Waals surface area contributed by atoms with Crippen molar-refractivity contribution in [3.8, 4) is 0 Å². The SMILES string of the molecule is CC(N)C(O)=NCC(O)=NC1CSSCC(C(=O)O)N=C(O)C(CO)N=C(O)C(C(C)O)N=C(O)C(Cc2ccccc2)N=C(O)C(C(C)O)N=C(O)C(CCCCN)N=C(O)C(Cc2c[nH]c3ccccc23)N=C(O)C(Cc2cnccn2)N=C(O)C(Cc2ccccc2)N=C(O)C(CC(=N)O)N=C(O)C(CCCCN)N=C1O. The minimum absolute atomic E-state index is 0.129. The highest BCUT2D eigenvalue weighted by Crippen LogP contribution is 2.27. The second-order valence-corrected chi connectivity index (χ2v) is 29.1. The minimum atomic E-state index is -1.97. The predicted octanol–water partition coefficient (Wildman–Crippen LogP) is 5.85. The maximum Gasteiger partial charge on any atom is 0.329 e. The van der Waals surface area contributed by atoms with E-state index >= 15 is 0 Å². The topological polar surface area (TPSA) is 685 Å². The number of benzene rings is 3. The van der Waals surface area contributed by atoms with Gasteiger partial charge in [0.1, 0.15) is 54.9 Å². The highest BCUT2D eigenvalue weighted by molar-refractivity contribution is 8.76. The number of nitrogens with one attached hydrogen (secondary N) is 2. The summed E-state index contributed by atoms with van der Waals surface area (Å²) in [6, 6.07) is 1.57. The number of aliphatic imine (C=N–C) groups is 13. The third-order valence-electron chi connectivity index (χ3n) is 17.2. The Morgan fingerprint density at radius 2 is 0.974 bits per heavy atom. The molecule has 1 aliphatic rings. The Hall–Kier alpha value is -11.2. The van der Waals surface area contributed by atoms with Crippen LogP contribution in [0, 0.1) is 5.41 Å². The van der Waals surface area contributed by atoms with Crippen molar-refractivity contribution in [2.24, 2.45) is 82.1 Å². The summed E-state index contributed by atoms with van der Waals surface area (Å²) >= 11 is 0. The summed E-state index contributed by atoms with van der Waals surface area (Å²) in [5.41, 5.74) is 19.8. The van der Waals surface area contributed by atoms with Gasteiger partial charge in [-0.2, -0.15) is 0 Å². The largest absolute Gasteiger partial charge is 0.497 e. The van der Waals surface area contributed by atoms with Gasteiger partial charge in [-0.15, -0.1) is 0 Å². The van der Waals surface area contributed by atoms with Crippen molar-refractivity contribution in [1.82, 2.24) is 15.0 Å². The number of aromatic nitrogens is 3. The number of carboxylic acid groups (broad SMARTS) is 1. The molecule has 39 nitrogen and oxygen atoms in total. The van der Waals surface area contributed by atoms with Crippen molar-refractivity contribution < 1.29 is 96.7 Å². The van der Waals surface area contributed by atoms with Gasteiger partial charge in [-0.05, 0) is 95.1 Å². The molecule has 0 saturated carbocycles. The Bertz CT molecular complexity index is 4350. The molecule has 3 aromatic carbocycles. The number of aliphatic hydroxyl groups excluding tert-OH is 17. The number of nitrogens with two attached hydrogens (primary N) is 3. The number of aliphatic hydroxyl groups is 17. The van der Waals surface area contributed by atoms with Gasteiger partial charge in [0.05, 0.1) is 37.0 Å². The molecule has 15 atom stereocenters. The Labute approximate surface area is 669 Å². The Balaban J connectivity index is 1.66. The zero-order valence-electron chi connectivity index (χ0n) is 63.3. The maximum absolute atomic E-state index is 12.8. The molecule has 1 aliphatic heterocycles. The van der Waals surface area contributed by atoms with Crippen LogP contribution in [0.25, 0.3) is 10.9 Å². The van der Waals surface area contributed by atoms with Gasteiger partial charge < -0.3 is 114 Å². The first kappa shape index (κ1) is 92.7. The van der Waals surface area contributed by atoms with Crippen LogP contribution in [-0.4, -0.2) is 324 Å². The lowest BCUT2D eigenvalue weighted by Gasteiger charge is -2.21. The van der Waals surface area contributed by atoms with Crippen molar-refractivity contribution in [2.75, 3.05) is 37.7 Å². The number of para-hydroxylation sites is 1. The van der Waals surface area contributed by atoms with E-state index in [0.717, 1.165) is 28.5 Å². The third kappa shape index (κ3) is 30.6. The Morgan fingerprint density at radius 3 is 1.48 bits per heavy atom. The van der Waals surface area contributed by atoms with Crippen LogP contribution < -0.4 is 17.2 Å². The molecule has 26 N–H and O–H groups in total. The molecule has 2 aromatic heterocycles. The van der Waals surface area contributed by atoms with Crippen LogP contribution in [0.1, 0.15) is 88.1 Å². The maximum atomic E-state index is 12.8. The summed E-state index contributed by atoms with van der Waals surface area (Å²) in [6.07, 6.45) is 0.812. The second kappa shape index (κ2) is 47.5. The lowest BCUT2D eigenvalue weighted by molar-refractivity contribution is -0.137. The van der Waals surface area contributed by atoms with E-state index in [1.165, 1.54) is 32.4 Å². The van der Waals surface area contributed by atoms with Crippen LogP contribution in [0.4, 0.5) is 0 Å². The number of aromatic amines is 1. The molecular formula is C74H102N20O19S2. The number of unbranched alkanes of at least 4 members (excludes halogenated alkanes) is 2. The number of fused-ring (bicyclic) bond motifs is 1. The van der Waals surface area contributed by atoms with Crippen LogP contribution in [-0.2, 0) is 30.5 Å². The van der Waals surface area contributed by atoms with Crippen LogP contribution in [0.5, 0.6) is 0 Å². The molecule has 5 aromatic rings. The molecule has 0 bridgehead atoms. The summed E-state index contributed by atoms with van der Waals surface area (Å²) < 4.78 is 0. The highest BCUT2D eigenvalue weighted by atomic mass is 33.1. The van der Waals surface area contributed by atoms with Crippen molar-refractivity contribution >= 4 is 121 Å². The predicted molar refractivity (Wildman–Crippen MR) is 447 cm³/mol. The first-order valence-corrected chi connectivity index (χ1v) is 39.0. The molecule has 115 heavy (non-hydrogen) atoms. The standard InChI is InChI=1S/C74H102N20O19S2/c1-39(77)62(100)82-35-59(99)83-56-37-114-115-38-57(74(112)113)92-70(108)55(36-95)91-73(111)61(41(3)97)94-69(107)51(29-43-18-8-5-9-19-43)90-72(110)60(40(2)96)93-64(102)49(23-13-15-25-76)84-66(104)52(30-44-33-81-47-21-11-10-20-46(44)47)87-67(105)53(31-45-34-79-26-27-80-45)88-65(103)50(28-42-16-6-4-7-17-42)86-68(106)54(32-58(78)98)89-63(101)48(85-71(56)109)22-12-14-24-75/h4-11,16-21,26-27,33-34,39-41,48-57,60-61,81,95-97H,12-15,22-25,28-32,35-38,75-77H2,1-3H3,(H2,78,98)(H,82,100)(H,83,99)(H,84,104)(H,85,109)(H,86,106)(H,87,105)(H,88,103)(H,89,101)(H,90,110)(H,91,111)(H,92,108)(H,93,102)(H,94,107)(H,112,113). The van der Waals surface area contributed by atoms with Crippen LogP contribution in [0.3, 0.4) is 0 Å². The average molecular weight is 1640 g/mol. The molecule has 3 heterocycles. The van der Waals surface area contributed by atoms with Crippen molar-refractivity contribution in [3.63, 3.8) is 0 Å². The molecule has 41 heteroatoms. The number of carbonyl (C=O) groups is 1. The van der Waals surface area contributed by atoms with Gasteiger partial charge in [0.25, 0.3) is 0 Å². The van der Waals surface area contributed by atoms with Gasteiger partial charge in [-0.1, -0.05) is 100 Å². The van der Waals surface area contributed by atoms with E-state index in [9.17, 15) is 96.7 Å². The quantitative estimate of drug-likeness (QED) is 0.0134. The first-order chi connectivity index (χ1) is 54.9. The molecule has 0 amide bonds. The van der Waals surface area contributed by atoms with Gasteiger partial charge in [0, 0.05) is 72.9 Å². The van der Waals surface area contributed by atoms with Crippen LogP contribution in [0.2, 0.25) is 0 Å². The third-order valence-corrected chi connectivity index (χ3v) is 19.6. The lowest BCUT2D eigenvalue weighted by Crippen LogP contribution is -2.38. The Kier molecular flexibility index (Phi) is 38.2. The summed E-state index contributed by atoms with van der Waals surface area (Å²) in [4.78, 5) is 79.4. The van der Waals surface area contributed by atoms with E-state index in [1.54, 1.807) is 91.1 Å². The van der Waals surface area contributed by atoms with Crippen molar-refractivity contribution in [2.45, 2.75) is 182 Å². The molecular weight excluding hydrogens is 1540 g/mol. The van der Waals surface area contributed by atoms with E-state index < -0.39 is 210 Å². The number of aliphatic carboxylic acids is 1. The van der Waals surface area contributed by atoms with Crippen LogP contribution >= 0.6 is 21.6 Å². The monoisotopic (exact) mass is 1640 g/mol. The summed E-state index contributed by atoms with van der Waals surface area (Å²) in [5.74, 6) is -15.9. The molecule has 0 aliphatic carbocycles. The zero-order valence-corrected chi connectivity index (χ0v) is 64.9. The number of hydrogen-bond donors (Lipinski definition) is 23. The first-order valence-electron chi connectivity index (χ1n) is 36.6.